The Morgan fingerprint density at radius 2 is 2.18 bits per heavy atom. The average molecular weight is 251 g/mol. The van der Waals surface area contributed by atoms with Crippen molar-refractivity contribution in [3.05, 3.63) is 23.9 Å². The highest BCUT2D eigenvalue weighted by Gasteiger charge is 2.30. The van der Waals surface area contributed by atoms with Crippen LogP contribution in [0, 0.1) is 0 Å². The van der Waals surface area contributed by atoms with Crippen LogP contribution in [0.4, 0.5) is 19.0 Å². The predicted octanol–water partition coefficient (Wildman–Crippen LogP) is 1.57. The molecule has 0 aliphatic heterocycles. The Morgan fingerprint density at radius 1 is 1.53 bits per heavy atom. The van der Waals surface area contributed by atoms with Gasteiger partial charge in [0.1, 0.15) is 5.82 Å². The molecule has 0 bridgehead atoms. The monoisotopic (exact) mass is 251 g/mol. The number of nitrogen functional groups attached to an aromatic ring is 1. The van der Waals surface area contributed by atoms with Crippen LogP contribution in [0.1, 0.15) is 12.5 Å². The highest BCUT2D eigenvalue weighted by Crippen LogP contribution is 2.28. The number of anilines is 1. The lowest BCUT2D eigenvalue weighted by molar-refractivity contribution is -0.137. The molecule has 0 saturated carbocycles. The molecule has 0 aromatic carbocycles. The lowest BCUT2D eigenvalue weighted by atomic mass is 10.3. The number of carbonyl (C=O) groups excluding carboxylic acids is 1. The summed E-state index contributed by atoms with van der Waals surface area (Å²) in [4.78, 5) is 12.6. The molecular formula is C9H12F3N3O2. The third-order valence-corrected chi connectivity index (χ3v) is 1.47. The number of hydrogen-bond donors (Lipinski definition) is 2. The summed E-state index contributed by atoms with van der Waals surface area (Å²) in [7, 11) is 0. The maximum Gasteiger partial charge on any atom is 0.417 e. The molecule has 8 heteroatoms. The number of nitrogens with two attached hydrogens (primary N) is 1. The van der Waals surface area contributed by atoms with E-state index in [1.54, 1.807) is 6.92 Å². The molecule has 0 amide bonds. The fourth-order valence-corrected chi connectivity index (χ4v) is 0.715. The van der Waals surface area contributed by atoms with Gasteiger partial charge in [-0.1, -0.05) is 0 Å². The first-order valence-electron chi connectivity index (χ1n) is 4.50. The van der Waals surface area contributed by atoms with E-state index in [2.05, 4.69) is 15.1 Å². The van der Waals surface area contributed by atoms with Gasteiger partial charge in [-0.2, -0.15) is 13.2 Å². The van der Waals surface area contributed by atoms with Gasteiger partial charge < -0.3 is 10.2 Å². The highest BCUT2D eigenvalue weighted by molar-refractivity contribution is 5.36. The second-order valence-corrected chi connectivity index (χ2v) is 2.63. The van der Waals surface area contributed by atoms with Crippen LogP contribution in [0.2, 0.25) is 0 Å². The summed E-state index contributed by atoms with van der Waals surface area (Å²) in [6, 6.07) is 2.06. The zero-order chi connectivity index (χ0) is 13.3. The van der Waals surface area contributed by atoms with Gasteiger partial charge in [0.15, 0.2) is 0 Å². The minimum atomic E-state index is -4.35. The van der Waals surface area contributed by atoms with Crippen LogP contribution in [0.3, 0.4) is 0 Å². The van der Waals surface area contributed by atoms with Crippen LogP contribution in [-0.2, 0) is 15.7 Å². The maximum absolute atomic E-state index is 11.9. The van der Waals surface area contributed by atoms with Gasteiger partial charge in [-0.3, -0.25) is 4.79 Å². The van der Waals surface area contributed by atoms with Crippen molar-refractivity contribution in [3.8, 4) is 0 Å². The number of nitrogens with one attached hydrogen (secondary N) is 1. The molecule has 0 spiro atoms. The van der Waals surface area contributed by atoms with E-state index in [0.717, 1.165) is 18.3 Å². The topological polar surface area (TPSA) is 77.2 Å². The number of aromatic nitrogens is 1. The van der Waals surface area contributed by atoms with E-state index in [4.69, 9.17) is 5.84 Å². The Bertz CT molecular complexity index is 327. The van der Waals surface area contributed by atoms with Crippen molar-refractivity contribution in [2.24, 2.45) is 5.84 Å². The summed E-state index contributed by atoms with van der Waals surface area (Å²) in [5, 5.41) is 0. The summed E-state index contributed by atoms with van der Waals surface area (Å²) >= 11 is 0. The quantitative estimate of drug-likeness (QED) is 0.484. The van der Waals surface area contributed by atoms with Crippen LogP contribution >= 0.6 is 0 Å². The van der Waals surface area contributed by atoms with Crippen molar-refractivity contribution in [2.75, 3.05) is 12.0 Å². The van der Waals surface area contributed by atoms with E-state index < -0.39 is 11.7 Å². The van der Waals surface area contributed by atoms with Crippen LogP contribution in [0.25, 0.3) is 0 Å². The number of rotatable bonds is 3. The Labute approximate surface area is 95.7 Å². The van der Waals surface area contributed by atoms with Gasteiger partial charge >= 0.3 is 6.18 Å². The van der Waals surface area contributed by atoms with Gasteiger partial charge in [0, 0.05) is 6.20 Å². The van der Waals surface area contributed by atoms with Crippen LogP contribution in [0.15, 0.2) is 18.3 Å². The average Bonchev–Trinajstić information content (AvgIpc) is 2.30. The van der Waals surface area contributed by atoms with E-state index in [0.29, 0.717) is 13.1 Å². The zero-order valence-corrected chi connectivity index (χ0v) is 8.99. The van der Waals surface area contributed by atoms with Gasteiger partial charge in [-0.05, 0) is 19.1 Å². The summed E-state index contributed by atoms with van der Waals surface area (Å²) in [6.45, 7) is 2.66. The Balaban J connectivity index is 0.000000437. The molecule has 96 valence electrons. The first kappa shape index (κ1) is 15.2. The number of alkyl halides is 3. The lowest BCUT2D eigenvalue weighted by Gasteiger charge is -2.05. The molecule has 1 rings (SSSR count). The molecular weight excluding hydrogens is 239 g/mol. The second-order valence-electron chi connectivity index (χ2n) is 2.63. The van der Waals surface area contributed by atoms with Crippen molar-refractivity contribution >= 4 is 12.3 Å². The zero-order valence-electron chi connectivity index (χ0n) is 8.99. The van der Waals surface area contributed by atoms with Crippen molar-refractivity contribution < 1.29 is 22.7 Å². The lowest BCUT2D eigenvalue weighted by Crippen LogP contribution is -2.10. The maximum atomic E-state index is 11.9. The van der Waals surface area contributed by atoms with Gasteiger partial charge in [0.2, 0.25) is 0 Å². The third kappa shape index (κ3) is 6.36. The molecule has 0 aliphatic rings. The van der Waals surface area contributed by atoms with Gasteiger partial charge in [0.25, 0.3) is 6.47 Å². The molecule has 1 heterocycles. The first-order valence-corrected chi connectivity index (χ1v) is 4.50. The number of hydrazine groups is 1. The van der Waals surface area contributed by atoms with E-state index >= 15 is 0 Å². The number of nitrogens with zero attached hydrogens (tertiary/aromatic N) is 1. The van der Waals surface area contributed by atoms with Crippen molar-refractivity contribution in [1.29, 1.82) is 0 Å². The van der Waals surface area contributed by atoms with Gasteiger partial charge in [-0.25, -0.2) is 10.8 Å². The van der Waals surface area contributed by atoms with E-state index in [-0.39, 0.29) is 5.82 Å². The standard InChI is InChI=1S/C6H6F3N3.C3H6O2/c7-6(8,9)4-1-2-5(12-10)11-3-4;1-2-5-3-4/h1-3H,10H2,(H,11,12);3H,2H2,1H3. The molecule has 0 radical (unpaired) electrons. The number of carbonyl (C=O) groups is 1. The Hall–Kier alpha value is -1.83. The van der Waals surface area contributed by atoms with Crippen LogP contribution in [-0.4, -0.2) is 18.1 Å². The molecule has 1 aromatic rings. The molecule has 0 atom stereocenters. The smallest absolute Gasteiger partial charge is 0.417 e. The highest BCUT2D eigenvalue weighted by atomic mass is 19.4. The van der Waals surface area contributed by atoms with Crippen molar-refractivity contribution in [2.45, 2.75) is 13.1 Å². The summed E-state index contributed by atoms with van der Waals surface area (Å²) in [5.74, 6) is 5.11. The second kappa shape index (κ2) is 7.44. The first-order chi connectivity index (χ1) is 7.95. The molecule has 3 N–H and O–H groups in total. The molecule has 0 fully saturated rings. The van der Waals surface area contributed by atoms with Crippen LogP contribution < -0.4 is 11.3 Å². The van der Waals surface area contributed by atoms with E-state index in [1.165, 1.54) is 0 Å². The third-order valence-electron chi connectivity index (χ3n) is 1.47. The van der Waals surface area contributed by atoms with Crippen LogP contribution in [0.5, 0.6) is 0 Å². The largest absolute Gasteiger partial charge is 0.468 e. The number of halogens is 3. The Morgan fingerprint density at radius 3 is 2.41 bits per heavy atom. The normalized spacial score (nSPS) is 9.94. The number of pyridine rings is 1. The van der Waals surface area contributed by atoms with E-state index in [1.807, 2.05) is 0 Å². The predicted molar refractivity (Wildman–Crippen MR) is 54.7 cm³/mol. The van der Waals surface area contributed by atoms with Gasteiger partial charge in [-0.15, -0.1) is 0 Å². The fourth-order valence-electron chi connectivity index (χ4n) is 0.715. The van der Waals surface area contributed by atoms with Crippen molar-refractivity contribution in [3.63, 3.8) is 0 Å². The minimum Gasteiger partial charge on any atom is -0.468 e. The summed E-state index contributed by atoms with van der Waals surface area (Å²) < 4.78 is 39.9. The number of ether oxygens (including phenoxy) is 1. The minimum absolute atomic E-state index is 0.197. The fraction of sp³-hybridized carbons (Fsp3) is 0.333. The number of hydrogen-bond acceptors (Lipinski definition) is 5. The molecule has 5 nitrogen and oxygen atoms in total. The van der Waals surface area contributed by atoms with Crippen molar-refractivity contribution in [1.82, 2.24) is 4.98 Å². The SMILES string of the molecule is CCOC=O.NNc1ccc(C(F)(F)F)cn1. The molecule has 17 heavy (non-hydrogen) atoms. The molecule has 0 saturated heterocycles. The molecule has 0 aliphatic carbocycles. The van der Waals surface area contributed by atoms with E-state index in [9.17, 15) is 18.0 Å². The summed E-state index contributed by atoms with van der Waals surface area (Å²) in [5.41, 5.74) is 1.34. The Kier molecular flexibility index (Phi) is 6.64. The van der Waals surface area contributed by atoms with Gasteiger partial charge in [0.05, 0.1) is 12.2 Å². The summed E-state index contributed by atoms with van der Waals surface area (Å²) in [6.07, 6.45) is -3.63. The molecule has 1 aromatic heterocycles. The molecule has 0 unspecified atom stereocenters.